The molecule has 1 rings (SSSR count). The molecule has 0 saturated heterocycles. The molecule has 2 N–H and O–H groups in total. The number of hydrogen-bond donors (Lipinski definition) is 2. The molecule has 0 atom stereocenters. The van der Waals surface area contributed by atoms with Crippen molar-refractivity contribution in [2.24, 2.45) is 5.41 Å². The molecule has 1 saturated carbocycles. The number of rotatable bonds is 7. The van der Waals surface area contributed by atoms with E-state index >= 15 is 0 Å². The Kier molecular flexibility index (Phi) is 5.35. The van der Waals surface area contributed by atoms with Gasteiger partial charge in [-0.2, -0.15) is 0 Å². The molecule has 0 unspecified atom stereocenters. The Bertz CT molecular complexity index is 332. The van der Waals surface area contributed by atoms with Gasteiger partial charge in [-0.3, -0.25) is 9.59 Å². The lowest BCUT2D eigenvalue weighted by molar-refractivity contribution is -0.149. The van der Waals surface area contributed by atoms with Gasteiger partial charge >= 0.3 is 5.97 Å². The molecular formula is C14H25NO4. The quantitative estimate of drug-likeness (QED) is 0.742. The van der Waals surface area contributed by atoms with Gasteiger partial charge in [0.2, 0.25) is 0 Å². The second-order valence-electron chi connectivity index (χ2n) is 5.83. The third kappa shape index (κ3) is 3.93. The molecule has 0 bridgehead atoms. The van der Waals surface area contributed by atoms with Crippen LogP contribution in [-0.2, 0) is 14.3 Å². The first-order valence-corrected chi connectivity index (χ1v) is 7.00. The number of ether oxygens (including phenoxy) is 1. The highest BCUT2D eigenvalue weighted by molar-refractivity contribution is 5.85. The number of carbonyl (C=O) groups is 2. The molecular weight excluding hydrogens is 246 g/mol. The molecule has 1 aliphatic carbocycles. The van der Waals surface area contributed by atoms with E-state index in [1.165, 1.54) is 0 Å². The van der Waals surface area contributed by atoms with Crippen molar-refractivity contribution in [3.63, 3.8) is 0 Å². The average Bonchev–Trinajstić information content (AvgIpc) is 2.79. The molecule has 1 aliphatic rings. The van der Waals surface area contributed by atoms with Gasteiger partial charge in [-0.1, -0.05) is 0 Å². The van der Waals surface area contributed by atoms with Crippen LogP contribution in [0.15, 0.2) is 0 Å². The van der Waals surface area contributed by atoms with Gasteiger partial charge in [-0.25, -0.2) is 0 Å². The molecule has 0 aromatic heterocycles. The predicted molar refractivity (Wildman–Crippen MR) is 71.9 cm³/mol. The fraction of sp³-hybridized carbons (Fsp3) is 0.857. The Labute approximate surface area is 114 Å². The van der Waals surface area contributed by atoms with Crippen LogP contribution >= 0.6 is 0 Å². The Morgan fingerprint density at radius 2 is 1.89 bits per heavy atom. The lowest BCUT2D eigenvalue weighted by Gasteiger charge is -2.28. The Hall–Kier alpha value is -1.10. The zero-order valence-corrected chi connectivity index (χ0v) is 12.1. The largest absolute Gasteiger partial charge is 0.481 e. The van der Waals surface area contributed by atoms with Crippen LogP contribution in [-0.4, -0.2) is 35.7 Å². The zero-order valence-electron chi connectivity index (χ0n) is 12.1. The van der Waals surface area contributed by atoms with Gasteiger partial charge in [0.1, 0.15) is 5.60 Å². The van der Waals surface area contributed by atoms with Crippen LogP contribution in [0.25, 0.3) is 0 Å². The van der Waals surface area contributed by atoms with Crippen LogP contribution in [0.2, 0.25) is 0 Å². The van der Waals surface area contributed by atoms with Gasteiger partial charge in [-0.05, 0) is 52.9 Å². The van der Waals surface area contributed by atoms with Crippen molar-refractivity contribution in [3.8, 4) is 0 Å². The SMILES string of the molecule is CCOC1(C(=O)NCCC(C)(C)C(=O)O)CCCC1. The fourth-order valence-electron chi connectivity index (χ4n) is 2.42. The molecule has 0 aromatic rings. The second kappa shape index (κ2) is 6.37. The highest BCUT2D eigenvalue weighted by atomic mass is 16.5. The molecule has 5 heteroatoms. The first-order valence-electron chi connectivity index (χ1n) is 7.00. The maximum atomic E-state index is 12.2. The first-order chi connectivity index (χ1) is 8.84. The van der Waals surface area contributed by atoms with Crippen molar-refractivity contribution < 1.29 is 19.4 Å². The minimum atomic E-state index is -0.845. The number of carboxylic acid groups (broad SMARTS) is 1. The monoisotopic (exact) mass is 271 g/mol. The van der Waals surface area contributed by atoms with Crippen LogP contribution in [0.1, 0.15) is 52.9 Å². The number of carboxylic acids is 1. The maximum absolute atomic E-state index is 12.2. The van der Waals surface area contributed by atoms with E-state index in [2.05, 4.69) is 5.32 Å². The molecule has 1 amide bonds. The first kappa shape index (κ1) is 16.0. The molecule has 19 heavy (non-hydrogen) atoms. The summed E-state index contributed by atoms with van der Waals surface area (Å²) in [6.07, 6.45) is 3.95. The number of hydrogen-bond acceptors (Lipinski definition) is 3. The maximum Gasteiger partial charge on any atom is 0.309 e. The van der Waals surface area contributed by atoms with Crippen LogP contribution < -0.4 is 5.32 Å². The van der Waals surface area contributed by atoms with Gasteiger partial charge < -0.3 is 15.2 Å². The summed E-state index contributed by atoms with van der Waals surface area (Å²) in [6, 6.07) is 0. The van der Waals surface area contributed by atoms with E-state index in [1.807, 2.05) is 6.92 Å². The summed E-state index contributed by atoms with van der Waals surface area (Å²) in [4.78, 5) is 23.2. The lowest BCUT2D eigenvalue weighted by atomic mass is 9.89. The van der Waals surface area contributed by atoms with Crippen LogP contribution in [0.4, 0.5) is 0 Å². The molecule has 5 nitrogen and oxygen atoms in total. The molecule has 0 heterocycles. The zero-order chi connectivity index (χ0) is 14.5. The van der Waals surface area contributed by atoms with E-state index in [0.717, 1.165) is 25.7 Å². The summed E-state index contributed by atoms with van der Waals surface area (Å²) in [7, 11) is 0. The molecule has 0 aliphatic heterocycles. The van der Waals surface area contributed by atoms with Gasteiger partial charge in [0.15, 0.2) is 0 Å². The number of nitrogens with one attached hydrogen (secondary N) is 1. The minimum Gasteiger partial charge on any atom is -0.481 e. The highest BCUT2D eigenvalue weighted by Crippen LogP contribution is 2.33. The molecule has 0 aromatic carbocycles. The second-order valence-corrected chi connectivity index (χ2v) is 5.83. The third-order valence-electron chi connectivity index (χ3n) is 3.86. The normalized spacial score (nSPS) is 18.3. The van der Waals surface area contributed by atoms with Crippen molar-refractivity contribution in [2.45, 2.75) is 58.5 Å². The van der Waals surface area contributed by atoms with Crippen LogP contribution in [0, 0.1) is 5.41 Å². The Balaban J connectivity index is 2.48. The molecule has 1 fully saturated rings. The van der Waals surface area contributed by atoms with Crippen molar-refractivity contribution >= 4 is 11.9 Å². The van der Waals surface area contributed by atoms with E-state index in [0.29, 0.717) is 19.6 Å². The van der Waals surface area contributed by atoms with E-state index < -0.39 is 17.0 Å². The van der Waals surface area contributed by atoms with Crippen molar-refractivity contribution in [2.75, 3.05) is 13.2 Å². The standard InChI is InChI=1S/C14H25NO4/c1-4-19-14(7-5-6-8-14)11(16)15-10-9-13(2,3)12(17)18/h4-10H2,1-3H3,(H,15,16)(H,17,18). The topological polar surface area (TPSA) is 75.6 Å². The summed E-state index contributed by atoms with van der Waals surface area (Å²) < 4.78 is 5.65. The molecule has 110 valence electrons. The van der Waals surface area contributed by atoms with Gasteiger partial charge in [0, 0.05) is 13.2 Å². The van der Waals surface area contributed by atoms with E-state index in [1.54, 1.807) is 13.8 Å². The van der Waals surface area contributed by atoms with Crippen molar-refractivity contribution in [1.82, 2.24) is 5.32 Å². The smallest absolute Gasteiger partial charge is 0.309 e. The van der Waals surface area contributed by atoms with Crippen molar-refractivity contribution in [3.05, 3.63) is 0 Å². The molecule has 0 radical (unpaired) electrons. The summed E-state index contributed by atoms with van der Waals surface area (Å²) in [5, 5.41) is 11.8. The number of aliphatic carboxylic acids is 1. The summed E-state index contributed by atoms with van der Waals surface area (Å²) in [6.45, 7) is 6.10. The predicted octanol–water partition coefficient (Wildman–Crippen LogP) is 1.95. The van der Waals surface area contributed by atoms with Gasteiger partial charge in [0.25, 0.3) is 5.91 Å². The fourth-order valence-corrected chi connectivity index (χ4v) is 2.42. The van der Waals surface area contributed by atoms with E-state index in [9.17, 15) is 9.59 Å². The van der Waals surface area contributed by atoms with Gasteiger partial charge in [0.05, 0.1) is 5.41 Å². The summed E-state index contributed by atoms with van der Waals surface area (Å²) >= 11 is 0. The number of carbonyl (C=O) groups excluding carboxylic acids is 1. The highest BCUT2D eigenvalue weighted by Gasteiger charge is 2.41. The van der Waals surface area contributed by atoms with Crippen LogP contribution in [0.5, 0.6) is 0 Å². The lowest BCUT2D eigenvalue weighted by Crippen LogP contribution is -2.48. The van der Waals surface area contributed by atoms with Crippen molar-refractivity contribution in [1.29, 1.82) is 0 Å². The minimum absolute atomic E-state index is 0.0898. The average molecular weight is 271 g/mol. The number of amides is 1. The molecule has 0 spiro atoms. The van der Waals surface area contributed by atoms with E-state index in [4.69, 9.17) is 9.84 Å². The van der Waals surface area contributed by atoms with Gasteiger partial charge in [-0.15, -0.1) is 0 Å². The summed E-state index contributed by atoms with van der Waals surface area (Å²) in [5.74, 6) is -0.935. The Morgan fingerprint density at radius 3 is 2.37 bits per heavy atom. The van der Waals surface area contributed by atoms with Crippen LogP contribution in [0.3, 0.4) is 0 Å². The summed E-state index contributed by atoms with van der Waals surface area (Å²) in [5.41, 5.74) is -1.50. The third-order valence-corrected chi connectivity index (χ3v) is 3.86. The Morgan fingerprint density at radius 1 is 1.32 bits per heavy atom. The van der Waals surface area contributed by atoms with E-state index in [-0.39, 0.29) is 5.91 Å².